The number of hydrogen-bond donors (Lipinski definition) is 2. The molecule has 136 valence electrons. The van der Waals surface area contributed by atoms with E-state index in [0.29, 0.717) is 43.7 Å². The van der Waals surface area contributed by atoms with Crippen molar-refractivity contribution in [2.24, 2.45) is 0 Å². The zero-order valence-electron chi connectivity index (χ0n) is 14.4. The molecule has 0 saturated carbocycles. The van der Waals surface area contributed by atoms with Crippen molar-refractivity contribution in [3.8, 4) is 17.2 Å². The summed E-state index contributed by atoms with van der Waals surface area (Å²) in [5, 5.41) is 19.1. The smallest absolute Gasteiger partial charge is 0.326 e. The maximum absolute atomic E-state index is 12.6. The van der Waals surface area contributed by atoms with Gasteiger partial charge in [-0.15, -0.1) is 0 Å². The number of carbonyl (C=O) groups is 2. The van der Waals surface area contributed by atoms with Crippen molar-refractivity contribution in [2.75, 3.05) is 13.7 Å². The van der Waals surface area contributed by atoms with Crippen molar-refractivity contribution in [3.63, 3.8) is 0 Å². The SMILES string of the molecule is COc1cc2c(cc1O)CCC(C)(CC(=O)N1CCC[C@H]1C(=O)O)O2. The normalized spacial score (nSPS) is 25.2. The second-order valence-electron chi connectivity index (χ2n) is 6.94. The van der Waals surface area contributed by atoms with E-state index in [-0.39, 0.29) is 18.1 Å². The van der Waals surface area contributed by atoms with Crippen LogP contribution in [0.2, 0.25) is 0 Å². The topological polar surface area (TPSA) is 96.3 Å². The molecule has 25 heavy (non-hydrogen) atoms. The molecular weight excluding hydrogens is 326 g/mol. The van der Waals surface area contributed by atoms with Crippen molar-refractivity contribution < 1.29 is 29.3 Å². The number of rotatable bonds is 4. The van der Waals surface area contributed by atoms with Gasteiger partial charge in [-0.25, -0.2) is 4.79 Å². The number of carboxylic acid groups (broad SMARTS) is 1. The summed E-state index contributed by atoms with van der Waals surface area (Å²) in [6, 6.07) is 2.52. The molecule has 2 atom stereocenters. The van der Waals surface area contributed by atoms with Gasteiger partial charge in [0.2, 0.25) is 5.91 Å². The lowest BCUT2D eigenvalue weighted by Crippen LogP contribution is -2.46. The molecule has 7 nitrogen and oxygen atoms in total. The molecule has 0 bridgehead atoms. The first kappa shape index (κ1) is 17.4. The standard InChI is InChI=1S/C18H23NO6/c1-18(10-16(21)19-7-3-4-12(19)17(22)23)6-5-11-8-13(20)15(24-2)9-14(11)25-18/h8-9,12,20H,3-7,10H2,1-2H3,(H,22,23)/t12-,18?/m0/s1. The molecule has 2 aliphatic rings. The Kier molecular flexibility index (Phi) is 4.49. The fourth-order valence-corrected chi connectivity index (χ4v) is 3.63. The lowest BCUT2D eigenvalue weighted by Gasteiger charge is -2.37. The Morgan fingerprint density at radius 2 is 2.20 bits per heavy atom. The Labute approximate surface area is 146 Å². The highest BCUT2D eigenvalue weighted by atomic mass is 16.5. The summed E-state index contributed by atoms with van der Waals surface area (Å²) in [5.41, 5.74) is 0.158. The van der Waals surface area contributed by atoms with Gasteiger partial charge in [0.15, 0.2) is 11.5 Å². The van der Waals surface area contributed by atoms with E-state index in [1.165, 1.54) is 12.0 Å². The molecule has 3 rings (SSSR count). The molecule has 0 aromatic heterocycles. The van der Waals surface area contributed by atoms with E-state index >= 15 is 0 Å². The summed E-state index contributed by atoms with van der Waals surface area (Å²) < 4.78 is 11.2. The van der Waals surface area contributed by atoms with E-state index in [4.69, 9.17) is 9.47 Å². The summed E-state index contributed by atoms with van der Waals surface area (Å²) in [4.78, 5) is 25.4. The summed E-state index contributed by atoms with van der Waals surface area (Å²) in [5.74, 6) is -0.175. The zero-order valence-corrected chi connectivity index (χ0v) is 14.4. The minimum atomic E-state index is -0.953. The fourth-order valence-electron chi connectivity index (χ4n) is 3.63. The first-order valence-corrected chi connectivity index (χ1v) is 8.44. The van der Waals surface area contributed by atoms with Crippen LogP contribution in [0, 0.1) is 0 Å². The Balaban J connectivity index is 1.75. The number of aliphatic carboxylic acids is 1. The van der Waals surface area contributed by atoms with Crippen molar-refractivity contribution in [1.82, 2.24) is 4.90 Å². The molecule has 7 heteroatoms. The van der Waals surface area contributed by atoms with Gasteiger partial charge in [0, 0.05) is 12.6 Å². The summed E-state index contributed by atoms with van der Waals surface area (Å²) in [7, 11) is 1.46. The van der Waals surface area contributed by atoms with Crippen molar-refractivity contribution in [3.05, 3.63) is 17.7 Å². The molecule has 1 saturated heterocycles. The summed E-state index contributed by atoms with van der Waals surface area (Å²) >= 11 is 0. The second kappa shape index (κ2) is 6.46. The average Bonchev–Trinajstić information content (AvgIpc) is 3.04. The molecule has 0 aliphatic carbocycles. The molecule has 2 N–H and O–H groups in total. The van der Waals surface area contributed by atoms with E-state index in [1.54, 1.807) is 12.1 Å². The molecule has 1 amide bonds. The van der Waals surface area contributed by atoms with Crippen LogP contribution < -0.4 is 9.47 Å². The van der Waals surface area contributed by atoms with Gasteiger partial charge in [0.05, 0.1) is 13.5 Å². The number of amides is 1. The van der Waals surface area contributed by atoms with Gasteiger partial charge in [-0.1, -0.05) is 0 Å². The van der Waals surface area contributed by atoms with Crippen molar-refractivity contribution >= 4 is 11.9 Å². The molecule has 1 fully saturated rings. The van der Waals surface area contributed by atoms with Crippen LogP contribution in [0.3, 0.4) is 0 Å². The highest BCUT2D eigenvalue weighted by Crippen LogP contribution is 2.41. The van der Waals surface area contributed by atoms with Crippen LogP contribution in [-0.4, -0.2) is 52.3 Å². The highest BCUT2D eigenvalue weighted by molar-refractivity contribution is 5.84. The fraction of sp³-hybridized carbons (Fsp3) is 0.556. The Morgan fingerprint density at radius 3 is 2.88 bits per heavy atom. The van der Waals surface area contributed by atoms with Crippen LogP contribution in [0.1, 0.15) is 38.2 Å². The molecular formula is C18H23NO6. The predicted molar refractivity (Wildman–Crippen MR) is 89.0 cm³/mol. The monoisotopic (exact) mass is 349 g/mol. The molecule has 0 spiro atoms. The first-order valence-electron chi connectivity index (χ1n) is 8.44. The van der Waals surface area contributed by atoms with E-state index in [1.807, 2.05) is 6.92 Å². The number of phenols is 1. The van der Waals surface area contributed by atoms with E-state index < -0.39 is 17.6 Å². The Hall–Kier alpha value is -2.44. The number of methoxy groups -OCH3 is 1. The van der Waals surface area contributed by atoms with Gasteiger partial charge < -0.3 is 24.6 Å². The predicted octanol–water partition coefficient (Wildman–Crippen LogP) is 1.95. The van der Waals surface area contributed by atoms with Crippen LogP contribution in [0.15, 0.2) is 12.1 Å². The third kappa shape index (κ3) is 3.36. The molecule has 1 aromatic carbocycles. The Bertz CT molecular complexity index is 703. The molecule has 1 aromatic rings. The highest BCUT2D eigenvalue weighted by Gasteiger charge is 2.40. The summed E-state index contributed by atoms with van der Waals surface area (Å²) in [6.07, 6.45) is 2.61. The number of hydrogen-bond acceptors (Lipinski definition) is 5. The summed E-state index contributed by atoms with van der Waals surface area (Å²) in [6.45, 7) is 2.34. The maximum atomic E-state index is 12.6. The minimum absolute atomic E-state index is 0.0610. The molecule has 0 radical (unpaired) electrons. The number of aromatic hydroxyl groups is 1. The molecule has 1 unspecified atom stereocenters. The molecule has 2 aliphatic heterocycles. The van der Waals surface area contributed by atoms with Crippen LogP contribution >= 0.6 is 0 Å². The van der Waals surface area contributed by atoms with Crippen LogP contribution in [-0.2, 0) is 16.0 Å². The van der Waals surface area contributed by atoms with E-state index in [9.17, 15) is 19.8 Å². The zero-order chi connectivity index (χ0) is 18.2. The van der Waals surface area contributed by atoms with E-state index in [2.05, 4.69) is 0 Å². The number of fused-ring (bicyclic) bond motifs is 1. The van der Waals surface area contributed by atoms with Gasteiger partial charge >= 0.3 is 5.97 Å². The number of benzene rings is 1. The number of carbonyl (C=O) groups excluding carboxylic acids is 1. The number of ether oxygens (including phenoxy) is 2. The number of nitrogens with zero attached hydrogens (tertiary/aromatic N) is 1. The lowest BCUT2D eigenvalue weighted by molar-refractivity contribution is -0.149. The van der Waals surface area contributed by atoms with Crippen molar-refractivity contribution in [1.29, 1.82) is 0 Å². The maximum Gasteiger partial charge on any atom is 0.326 e. The number of aryl methyl sites for hydroxylation is 1. The first-order chi connectivity index (χ1) is 11.8. The third-order valence-electron chi connectivity index (χ3n) is 5.02. The van der Waals surface area contributed by atoms with E-state index in [0.717, 1.165) is 5.56 Å². The number of carboxylic acids is 1. The number of phenolic OH excluding ortho intramolecular Hbond substituents is 1. The largest absolute Gasteiger partial charge is 0.504 e. The average molecular weight is 349 g/mol. The van der Waals surface area contributed by atoms with Gasteiger partial charge in [0.1, 0.15) is 17.4 Å². The number of likely N-dealkylation sites (tertiary alicyclic amines) is 1. The van der Waals surface area contributed by atoms with Gasteiger partial charge in [-0.2, -0.15) is 0 Å². The van der Waals surface area contributed by atoms with Crippen LogP contribution in [0.25, 0.3) is 0 Å². The third-order valence-corrected chi connectivity index (χ3v) is 5.02. The quantitative estimate of drug-likeness (QED) is 0.862. The van der Waals surface area contributed by atoms with Crippen LogP contribution in [0.4, 0.5) is 0 Å². The van der Waals surface area contributed by atoms with Crippen molar-refractivity contribution in [2.45, 2.75) is 50.7 Å². The van der Waals surface area contributed by atoms with Gasteiger partial charge in [0.25, 0.3) is 0 Å². The minimum Gasteiger partial charge on any atom is -0.504 e. The molecule has 2 heterocycles. The van der Waals surface area contributed by atoms with Crippen LogP contribution in [0.5, 0.6) is 17.2 Å². The lowest BCUT2D eigenvalue weighted by atomic mass is 9.89. The second-order valence-corrected chi connectivity index (χ2v) is 6.94. The van der Waals surface area contributed by atoms with Gasteiger partial charge in [-0.3, -0.25) is 4.79 Å². The Morgan fingerprint density at radius 1 is 1.44 bits per heavy atom. The van der Waals surface area contributed by atoms with Gasteiger partial charge in [-0.05, 0) is 44.2 Å².